The topological polar surface area (TPSA) is 84.6 Å². The lowest BCUT2D eigenvalue weighted by Crippen LogP contribution is -2.31. The van der Waals surface area contributed by atoms with Crippen LogP contribution < -0.4 is 10.1 Å². The Labute approximate surface area is 172 Å². The summed E-state index contributed by atoms with van der Waals surface area (Å²) in [7, 11) is 1.66. The minimum Gasteiger partial charge on any atom is -0.502 e. The number of nitrogens with zero attached hydrogens (tertiary/aromatic N) is 1. The first-order valence-electron chi connectivity index (χ1n) is 7.66. The van der Waals surface area contributed by atoms with Crippen molar-refractivity contribution in [1.82, 2.24) is 5.32 Å². The van der Waals surface area contributed by atoms with Gasteiger partial charge in [-0.1, -0.05) is 0 Å². The molecule has 132 valence electrons. The molecule has 2 aromatic rings. The second-order valence-electron chi connectivity index (χ2n) is 5.85. The summed E-state index contributed by atoms with van der Waals surface area (Å²) in [5.41, 5.74) is 2.74. The van der Waals surface area contributed by atoms with Crippen LogP contribution in [0, 0.1) is 17.3 Å². The average Bonchev–Trinajstić information content (AvgIpc) is 2.54. The van der Waals surface area contributed by atoms with Crippen molar-refractivity contribution in [3.8, 4) is 11.5 Å². The normalized spacial score (nSPS) is 16.4. The lowest BCUT2D eigenvalue weighted by molar-refractivity contribution is -0.386. The second-order valence-corrected chi connectivity index (χ2v) is 8.17. The van der Waals surface area contributed by atoms with E-state index in [0.717, 1.165) is 42.5 Å². The van der Waals surface area contributed by atoms with Crippen LogP contribution in [0.5, 0.6) is 11.5 Å². The molecule has 1 aliphatic rings. The van der Waals surface area contributed by atoms with Crippen molar-refractivity contribution in [3.63, 3.8) is 0 Å². The van der Waals surface area contributed by atoms with Crippen molar-refractivity contribution in [1.29, 1.82) is 0 Å². The van der Waals surface area contributed by atoms with E-state index in [4.69, 9.17) is 4.74 Å². The van der Waals surface area contributed by atoms with Gasteiger partial charge in [-0.05, 0) is 99.5 Å². The highest BCUT2D eigenvalue weighted by atomic mass is 127. The van der Waals surface area contributed by atoms with Gasteiger partial charge in [0, 0.05) is 12.1 Å². The quantitative estimate of drug-likeness (QED) is 0.333. The highest BCUT2D eigenvalue weighted by Crippen LogP contribution is 2.36. The fourth-order valence-electron chi connectivity index (χ4n) is 3.16. The number of aromatic hydroxyl groups is 1. The number of rotatable bonds is 4. The molecule has 6 nitrogen and oxygen atoms in total. The van der Waals surface area contributed by atoms with E-state index in [9.17, 15) is 15.2 Å². The molecule has 0 bridgehead atoms. The molecule has 0 saturated heterocycles. The van der Waals surface area contributed by atoms with Gasteiger partial charge >= 0.3 is 5.69 Å². The second kappa shape index (κ2) is 7.62. The standard InChI is InChI=1S/C17H16I2N2O4/c1-25-17-12(18)4-9(5-13(17)19)6-14-11-8-15(21(23)24)16(22)7-10(11)2-3-20-14/h4-5,7-8,14,20,22H,2-3,6H2,1H3. The number of benzene rings is 2. The summed E-state index contributed by atoms with van der Waals surface area (Å²) in [6.45, 7) is 0.777. The van der Waals surface area contributed by atoms with Gasteiger partial charge in [0.25, 0.3) is 0 Å². The minimum atomic E-state index is -0.541. The van der Waals surface area contributed by atoms with Crippen LogP contribution in [0.25, 0.3) is 0 Å². The van der Waals surface area contributed by atoms with E-state index in [1.165, 1.54) is 12.1 Å². The third-order valence-electron chi connectivity index (χ3n) is 4.30. The molecule has 1 aliphatic heterocycles. The maximum absolute atomic E-state index is 11.1. The average molecular weight is 566 g/mol. The van der Waals surface area contributed by atoms with E-state index < -0.39 is 4.92 Å². The van der Waals surface area contributed by atoms with Crippen molar-refractivity contribution in [3.05, 3.63) is 58.2 Å². The smallest absolute Gasteiger partial charge is 0.311 e. The van der Waals surface area contributed by atoms with Gasteiger partial charge in [-0.3, -0.25) is 10.1 Å². The van der Waals surface area contributed by atoms with Crippen LogP contribution in [0.1, 0.15) is 22.7 Å². The Kier molecular flexibility index (Phi) is 5.68. The molecule has 0 fully saturated rings. The molecule has 1 heterocycles. The highest BCUT2D eigenvalue weighted by molar-refractivity contribution is 14.1. The van der Waals surface area contributed by atoms with E-state index in [0.29, 0.717) is 6.42 Å². The molecular formula is C17H16I2N2O4. The van der Waals surface area contributed by atoms with E-state index >= 15 is 0 Å². The Balaban J connectivity index is 1.96. The summed E-state index contributed by atoms with van der Waals surface area (Å²) in [5, 5.41) is 24.4. The summed E-state index contributed by atoms with van der Waals surface area (Å²) < 4.78 is 7.47. The molecule has 0 radical (unpaired) electrons. The Morgan fingerprint density at radius 3 is 2.60 bits per heavy atom. The molecule has 0 saturated carbocycles. The molecule has 2 aromatic carbocycles. The van der Waals surface area contributed by atoms with Gasteiger partial charge in [0.15, 0.2) is 5.75 Å². The highest BCUT2D eigenvalue weighted by Gasteiger charge is 2.26. The van der Waals surface area contributed by atoms with Crippen molar-refractivity contribution >= 4 is 50.9 Å². The first kappa shape index (κ1) is 18.6. The summed E-state index contributed by atoms with van der Waals surface area (Å²) in [5.74, 6) is 0.598. The van der Waals surface area contributed by atoms with E-state index in [2.05, 4.69) is 62.6 Å². The van der Waals surface area contributed by atoms with Crippen molar-refractivity contribution in [2.75, 3.05) is 13.7 Å². The molecule has 1 atom stereocenters. The molecule has 2 N–H and O–H groups in total. The van der Waals surface area contributed by atoms with E-state index in [-0.39, 0.29) is 17.5 Å². The van der Waals surface area contributed by atoms with Gasteiger partial charge in [0.05, 0.1) is 19.2 Å². The SMILES string of the molecule is COc1c(I)cc(CC2NCCc3cc(O)c([N+](=O)[O-])cc32)cc1I. The fraction of sp³-hybridized carbons (Fsp3) is 0.294. The molecule has 0 amide bonds. The number of nitrogens with one attached hydrogen (secondary N) is 1. The molecule has 0 aromatic heterocycles. The Morgan fingerprint density at radius 2 is 2.00 bits per heavy atom. The van der Waals surface area contributed by atoms with Crippen LogP contribution in [0.15, 0.2) is 24.3 Å². The van der Waals surface area contributed by atoms with Crippen LogP contribution in [-0.4, -0.2) is 23.7 Å². The Hall–Kier alpha value is -1.14. The maximum Gasteiger partial charge on any atom is 0.311 e. The van der Waals surface area contributed by atoms with Gasteiger partial charge in [0.1, 0.15) is 5.75 Å². The zero-order valence-corrected chi connectivity index (χ0v) is 17.7. The van der Waals surface area contributed by atoms with Crippen molar-refractivity contribution in [2.24, 2.45) is 0 Å². The zero-order valence-electron chi connectivity index (χ0n) is 13.4. The van der Waals surface area contributed by atoms with Gasteiger partial charge in [-0.2, -0.15) is 0 Å². The predicted molar refractivity (Wildman–Crippen MR) is 111 cm³/mol. The Morgan fingerprint density at radius 1 is 1.32 bits per heavy atom. The lowest BCUT2D eigenvalue weighted by atomic mass is 9.89. The number of nitro groups is 1. The summed E-state index contributed by atoms with van der Waals surface area (Å²) >= 11 is 4.50. The summed E-state index contributed by atoms with van der Waals surface area (Å²) in [6.07, 6.45) is 1.46. The number of nitro benzene ring substituents is 1. The predicted octanol–water partition coefficient (Wildman–Crippen LogP) is 3.95. The maximum atomic E-state index is 11.1. The number of phenols is 1. The number of halogens is 2. The van der Waals surface area contributed by atoms with Gasteiger partial charge in [-0.25, -0.2) is 0 Å². The third kappa shape index (κ3) is 3.85. The number of hydrogen-bond donors (Lipinski definition) is 2. The number of phenolic OH excluding ortho intramolecular Hbond substituents is 1. The number of hydrogen-bond acceptors (Lipinski definition) is 5. The van der Waals surface area contributed by atoms with Crippen LogP contribution in [0.2, 0.25) is 0 Å². The summed E-state index contributed by atoms with van der Waals surface area (Å²) in [4.78, 5) is 10.6. The molecule has 0 aliphatic carbocycles. The van der Waals surface area contributed by atoms with Crippen LogP contribution in [0.3, 0.4) is 0 Å². The minimum absolute atomic E-state index is 0.0250. The largest absolute Gasteiger partial charge is 0.502 e. The van der Waals surface area contributed by atoms with E-state index in [1.807, 2.05) is 0 Å². The molecule has 0 spiro atoms. The first-order valence-corrected chi connectivity index (χ1v) is 9.82. The third-order valence-corrected chi connectivity index (χ3v) is 5.90. The van der Waals surface area contributed by atoms with Gasteiger partial charge in [-0.15, -0.1) is 0 Å². The Bertz CT molecular complexity index is 819. The monoisotopic (exact) mass is 566 g/mol. The number of methoxy groups -OCH3 is 1. The van der Waals surface area contributed by atoms with E-state index in [1.54, 1.807) is 7.11 Å². The first-order chi connectivity index (χ1) is 11.9. The summed E-state index contributed by atoms with van der Waals surface area (Å²) in [6, 6.07) is 7.16. The van der Waals surface area contributed by atoms with Gasteiger partial charge in [0.2, 0.25) is 0 Å². The number of ether oxygens (including phenoxy) is 1. The van der Waals surface area contributed by atoms with Crippen molar-refractivity contribution < 1.29 is 14.8 Å². The molecular weight excluding hydrogens is 550 g/mol. The lowest BCUT2D eigenvalue weighted by Gasteiger charge is -2.27. The molecule has 8 heteroatoms. The number of fused-ring (bicyclic) bond motifs is 1. The molecule has 1 unspecified atom stereocenters. The van der Waals surface area contributed by atoms with Crippen LogP contribution in [-0.2, 0) is 12.8 Å². The fourth-order valence-corrected chi connectivity index (χ4v) is 5.49. The van der Waals surface area contributed by atoms with Crippen LogP contribution in [0.4, 0.5) is 5.69 Å². The van der Waals surface area contributed by atoms with Gasteiger partial charge < -0.3 is 15.2 Å². The molecule has 3 rings (SSSR count). The van der Waals surface area contributed by atoms with Crippen LogP contribution >= 0.6 is 45.2 Å². The van der Waals surface area contributed by atoms with Crippen molar-refractivity contribution in [2.45, 2.75) is 18.9 Å². The zero-order chi connectivity index (χ0) is 18.1. The molecule has 25 heavy (non-hydrogen) atoms.